The number of ether oxygens (including phenoxy) is 1. The van der Waals surface area contributed by atoms with Crippen molar-refractivity contribution in [2.24, 2.45) is 0 Å². The van der Waals surface area contributed by atoms with E-state index in [9.17, 15) is 8.42 Å². The monoisotopic (exact) mass is 427 g/mol. The molecule has 1 atom stereocenters. The van der Waals surface area contributed by atoms with Gasteiger partial charge in [0, 0.05) is 19.0 Å². The number of methoxy groups -OCH3 is 1. The van der Waals surface area contributed by atoms with Gasteiger partial charge in [0.05, 0.1) is 25.2 Å². The average molecular weight is 428 g/mol. The summed E-state index contributed by atoms with van der Waals surface area (Å²) in [5.74, 6) is 2.29. The van der Waals surface area contributed by atoms with Crippen LogP contribution in [0.3, 0.4) is 0 Å². The minimum atomic E-state index is -3.00. The standard InChI is InChI=1S/C22H25N3O4S/c1-28-20-9-7-18(8-10-20)14-25(19-11-12-30(26,27)16-19)15-22-23-21(24-29-22)13-17-5-3-2-4-6-17/h2-10,19H,11-16H2,1H3/t19-/m1/s1. The fourth-order valence-electron chi connectivity index (χ4n) is 3.72. The maximum Gasteiger partial charge on any atom is 0.240 e. The largest absolute Gasteiger partial charge is 0.497 e. The molecule has 1 aliphatic heterocycles. The van der Waals surface area contributed by atoms with E-state index < -0.39 is 9.84 Å². The lowest BCUT2D eigenvalue weighted by Gasteiger charge is -2.26. The van der Waals surface area contributed by atoms with Crippen LogP contribution in [0.15, 0.2) is 59.1 Å². The van der Waals surface area contributed by atoms with Gasteiger partial charge in [-0.25, -0.2) is 8.42 Å². The number of hydrogen-bond donors (Lipinski definition) is 0. The number of sulfone groups is 1. The van der Waals surface area contributed by atoms with E-state index in [-0.39, 0.29) is 17.5 Å². The summed E-state index contributed by atoms with van der Waals surface area (Å²) >= 11 is 0. The Kier molecular flexibility index (Phi) is 6.15. The smallest absolute Gasteiger partial charge is 0.240 e. The van der Waals surface area contributed by atoms with E-state index in [4.69, 9.17) is 9.26 Å². The first-order valence-electron chi connectivity index (χ1n) is 9.93. The second-order valence-electron chi connectivity index (χ2n) is 7.58. The molecule has 1 fully saturated rings. The number of benzene rings is 2. The first-order chi connectivity index (χ1) is 14.5. The van der Waals surface area contributed by atoms with E-state index in [0.29, 0.717) is 37.6 Å². The summed E-state index contributed by atoms with van der Waals surface area (Å²) in [5, 5.41) is 4.10. The Hall–Kier alpha value is -2.71. The summed E-state index contributed by atoms with van der Waals surface area (Å²) in [6.45, 7) is 1.01. The van der Waals surface area contributed by atoms with Crippen molar-refractivity contribution in [1.82, 2.24) is 15.0 Å². The summed E-state index contributed by atoms with van der Waals surface area (Å²) in [4.78, 5) is 6.65. The molecule has 0 bridgehead atoms. The van der Waals surface area contributed by atoms with Crippen LogP contribution in [0.4, 0.5) is 0 Å². The minimum absolute atomic E-state index is 0.0680. The van der Waals surface area contributed by atoms with Crippen LogP contribution in [-0.4, -0.2) is 48.1 Å². The molecule has 7 nitrogen and oxygen atoms in total. The van der Waals surface area contributed by atoms with Crippen LogP contribution in [0.25, 0.3) is 0 Å². The molecular formula is C22H25N3O4S. The van der Waals surface area contributed by atoms with Crippen molar-refractivity contribution in [3.63, 3.8) is 0 Å². The SMILES string of the molecule is COc1ccc(CN(Cc2nc(Cc3ccccc3)no2)[C@@H]2CCS(=O)(=O)C2)cc1. The zero-order valence-electron chi connectivity index (χ0n) is 16.9. The third kappa shape index (κ3) is 5.25. The van der Waals surface area contributed by atoms with Crippen LogP contribution >= 0.6 is 0 Å². The van der Waals surface area contributed by atoms with Gasteiger partial charge in [-0.3, -0.25) is 4.90 Å². The summed E-state index contributed by atoms with van der Waals surface area (Å²) in [7, 11) is -1.37. The van der Waals surface area contributed by atoms with Gasteiger partial charge >= 0.3 is 0 Å². The number of rotatable bonds is 8. The molecule has 158 valence electrons. The van der Waals surface area contributed by atoms with E-state index in [1.54, 1.807) is 7.11 Å². The molecule has 0 unspecified atom stereocenters. The van der Waals surface area contributed by atoms with Crippen molar-refractivity contribution in [1.29, 1.82) is 0 Å². The van der Waals surface area contributed by atoms with E-state index in [2.05, 4.69) is 15.0 Å². The third-order valence-corrected chi connectivity index (χ3v) is 7.07. The van der Waals surface area contributed by atoms with Crippen LogP contribution in [0.5, 0.6) is 5.75 Å². The van der Waals surface area contributed by atoms with Crippen molar-refractivity contribution in [2.75, 3.05) is 18.6 Å². The molecule has 0 amide bonds. The molecule has 30 heavy (non-hydrogen) atoms. The molecule has 4 rings (SSSR count). The van der Waals surface area contributed by atoms with Crippen molar-refractivity contribution >= 4 is 9.84 Å². The average Bonchev–Trinajstić information content (AvgIpc) is 3.34. The zero-order chi connectivity index (χ0) is 21.0. The van der Waals surface area contributed by atoms with Gasteiger partial charge in [-0.1, -0.05) is 47.6 Å². The molecule has 1 saturated heterocycles. The van der Waals surface area contributed by atoms with Crippen molar-refractivity contribution in [3.05, 3.63) is 77.4 Å². The molecule has 0 N–H and O–H groups in total. The normalized spacial score (nSPS) is 18.0. The van der Waals surface area contributed by atoms with Crippen LogP contribution in [0.2, 0.25) is 0 Å². The Balaban J connectivity index is 1.49. The molecule has 0 saturated carbocycles. The minimum Gasteiger partial charge on any atom is -0.497 e. The lowest BCUT2D eigenvalue weighted by Crippen LogP contribution is -2.35. The van der Waals surface area contributed by atoms with Gasteiger partial charge in [0.25, 0.3) is 0 Å². The summed E-state index contributed by atoms with van der Waals surface area (Å²) in [5.41, 5.74) is 2.19. The second kappa shape index (κ2) is 8.97. The predicted molar refractivity (Wildman–Crippen MR) is 113 cm³/mol. The van der Waals surface area contributed by atoms with Crippen LogP contribution < -0.4 is 4.74 Å². The molecule has 3 aromatic rings. The van der Waals surface area contributed by atoms with E-state index in [1.165, 1.54) is 0 Å². The van der Waals surface area contributed by atoms with Crippen LogP contribution in [-0.2, 0) is 29.3 Å². The molecule has 2 aromatic carbocycles. The highest BCUT2D eigenvalue weighted by Crippen LogP contribution is 2.23. The van der Waals surface area contributed by atoms with Gasteiger partial charge in [-0.05, 0) is 29.7 Å². The molecule has 8 heteroatoms. The fraction of sp³-hybridized carbons (Fsp3) is 0.364. The molecule has 0 radical (unpaired) electrons. The topological polar surface area (TPSA) is 85.5 Å². The molecular weight excluding hydrogens is 402 g/mol. The summed E-state index contributed by atoms with van der Waals surface area (Å²) < 4.78 is 34.8. The van der Waals surface area contributed by atoms with E-state index in [0.717, 1.165) is 16.9 Å². The van der Waals surface area contributed by atoms with E-state index in [1.807, 2.05) is 54.6 Å². The van der Waals surface area contributed by atoms with Crippen molar-refractivity contribution in [2.45, 2.75) is 32.0 Å². The Morgan fingerprint density at radius 3 is 2.50 bits per heavy atom. The van der Waals surface area contributed by atoms with Gasteiger partial charge in [-0.2, -0.15) is 4.98 Å². The second-order valence-corrected chi connectivity index (χ2v) is 9.81. The van der Waals surface area contributed by atoms with Crippen molar-refractivity contribution in [3.8, 4) is 5.75 Å². The fourth-order valence-corrected chi connectivity index (χ4v) is 5.48. The Labute approximate surface area is 176 Å². The number of hydrogen-bond acceptors (Lipinski definition) is 7. The highest BCUT2D eigenvalue weighted by atomic mass is 32.2. The third-order valence-electron chi connectivity index (χ3n) is 5.32. The van der Waals surface area contributed by atoms with Crippen molar-refractivity contribution < 1.29 is 17.7 Å². The number of aromatic nitrogens is 2. The lowest BCUT2D eigenvalue weighted by atomic mass is 10.1. The van der Waals surface area contributed by atoms with E-state index >= 15 is 0 Å². The number of nitrogens with zero attached hydrogens (tertiary/aromatic N) is 3. The molecule has 2 heterocycles. The Morgan fingerprint density at radius 2 is 1.83 bits per heavy atom. The quantitative estimate of drug-likeness (QED) is 0.546. The Bertz CT molecular complexity index is 1070. The highest BCUT2D eigenvalue weighted by Gasteiger charge is 2.33. The first-order valence-corrected chi connectivity index (χ1v) is 11.8. The van der Waals surface area contributed by atoms with Crippen LogP contribution in [0.1, 0.15) is 29.3 Å². The Morgan fingerprint density at radius 1 is 1.07 bits per heavy atom. The molecule has 1 aliphatic rings. The first kappa shape index (κ1) is 20.6. The molecule has 0 aliphatic carbocycles. The van der Waals surface area contributed by atoms with Gasteiger partial charge < -0.3 is 9.26 Å². The van der Waals surface area contributed by atoms with Gasteiger partial charge in [0.1, 0.15) is 5.75 Å². The van der Waals surface area contributed by atoms with Crippen LogP contribution in [0, 0.1) is 0 Å². The summed E-state index contributed by atoms with van der Waals surface area (Å²) in [6.07, 6.45) is 1.21. The highest BCUT2D eigenvalue weighted by molar-refractivity contribution is 7.91. The van der Waals surface area contributed by atoms with Gasteiger partial charge in [0.2, 0.25) is 5.89 Å². The zero-order valence-corrected chi connectivity index (χ0v) is 17.7. The molecule has 1 aromatic heterocycles. The lowest BCUT2D eigenvalue weighted by molar-refractivity contribution is 0.169. The summed E-state index contributed by atoms with van der Waals surface area (Å²) in [6, 6.07) is 17.7. The molecule has 0 spiro atoms. The maximum absolute atomic E-state index is 12.0. The predicted octanol–water partition coefficient (Wildman–Crippen LogP) is 2.86. The van der Waals surface area contributed by atoms with Gasteiger partial charge in [0.15, 0.2) is 15.7 Å². The van der Waals surface area contributed by atoms with Gasteiger partial charge in [-0.15, -0.1) is 0 Å². The maximum atomic E-state index is 12.0.